The van der Waals surface area contributed by atoms with Gasteiger partial charge in [-0.3, -0.25) is 4.21 Å². The Bertz CT molecular complexity index is 433. The summed E-state index contributed by atoms with van der Waals surface area (Å²) in [7, 11) is -0.719. The average molecular weight is 279 g/mol. The van der Waals surface area contributed by atoms with Crippen LogP contribution in [0.1, 0.15) is 50.3 Å². The fourth-order valence-electron chi connectivity index (χ4n) is 3.02. The predicted molar refractivity (Wildman–Crippen MR) is 82.9 cm³/mol. The molecule has 1 aliphatic rings. The minimum Gasteiger partial charge on any atom is -0.309 e. The zero-order chi connectivity index (χ0) is 13.7. The fraction of sp³-hybridized carbons (Fsp3) is 0.625. The Labute approximate surface area is 119 Å². The van der Waals surface area contributed by atoms with Crippen LogP contribution in [-0.4, -0.2) is 21.8 Å². The summed E-state index contributed by atoms with van der Waals surface area (Å²) in [6.45, 7) is 5.18. The second-order valence-corrected chi connectivity index (χ2v) is 7.02. The second-order valence-electron chi connectivity index (χ2n) is 5.25. The van der Waals surface area contributed by atoms with E-state index < -0.39 is 10.8 Å². The van der Waals surface area contributed by atoms with Crippen LogP contribution in [0, 0.1) is 0 Å². The minimum absolute atomic E-state index is 0.260. The van der Waals surface area contributed by atoms with Crippen molar-refractivity contribution in [2.75, 3.05) is 12.3 Å². The lowest BCUT2D eigenvalue weighted by atomic mass is 9.99. The molecule has 0 spiro atoms. The van der Waals surface area contributed by atoms with E-state index in [1.54, 1.807) is 0 Å². The summed E-state index contributed by atoms with van der Waals surface area (Å²) >= 11 is 0. The van der Waals surface area contributed by atoms with Gasteiger partial charge in [-0.15, -0.1) is 0 Å². The third-order valence-corrected chi connectivity index (χ3v) is 5.86. The van der Waals surface area contributed by atoms with Gasteiger partial charge < -0.3 is 5.32 Å². The van der Waals surface area contributed by atoms with E-state index in [1.165, 1.54) is 11.1 Å². The van der Waals surface area contributed by atoms with Gasteiger partial charge in [-0.25, -0.2) is 0 Å². The highest BCUT2D eigenvalue weighted by molar-refractivity contribution is 7.85. The van der Waals surface area contributed by atoms with Gasteiger partial charge >= 0.3 is 0 Å². The van der Waals surface area contributed by atoms with Crippen molar-refractivity contribution in [1.29, 1.82) is 0 Å². The van der Waals surface area contributed by atoms with Crippen LogP contribution in [0.5, 0.6) is 0 Å². The lowest BCUT2D eigenvalue weighted by Gasteiger charge is -2.27. The monoisotopic (exact) mass is 279 g/mol. The number of nitrogens with one attached hydrogen (secondary N) is 1. The molecule has 2 rings (SSSR count). The third-order valence-electron chi connectivity index (χ3n) is 3.86. The molecule has 3 heteroatoms. The van der Waals surface area contributed by atoms with E-state index in [4.69, 9.17) is 0 Å². The maximum atomic E-state index is 12.5. The van der Waals surface area contributed by atoms with Gasteiger partial charge in [0.25, 0.3) is 0 Å². The molecule has 3 unspecified atom stereocenters. The van der Waals surface area contributed by atoms with Gasteiger partial charge in [0.05, 0.1) is 5.25 Å². The summed E-state index contributed by atoms with van der Waals surface area (Å²) in [5, 5.41) is 3.84. The Balaban J connectivity index is 2.31. The first-order chi connectivity index (χ1) is 9.27. The highest BCUT2D eigenvalue weighted by Crippen LogP contribution is 2.32. The molecule has 0 saturated carbocycles. The summed E-state index contributed by atoms with van der Waals surface area (Å²) in [4.78, 5) is 0. The average Bonchev–Trinajstić information content (AvgIpc) is 2.60. The fourth-order valence-corrected chi connectivity index (χ4v) is 4.70. The van der Waals surface area contributed by atoms with Crippen LogP contribution < -0.4 is 5.32 Å². The molecular weight excluding hydrogens is 254 g/mol. The SMILES string of the molecule is CCCS(=O)C1CCCc2ccccc2C1NCC. The number of aryl methyl sites for hydroxylation is 1. The summed E-state index contributed by atoms with van der Waals surface area (Å²) in [6, 6.07) is 8.92. The summed E-state index contributed by atoms with van der Waals surface area (Å²) in [5.41, 5.74) is 2.81. The number of hydrogen-bond acceptors (Lipinski definition) is 2. The number of benzene rings is 1. The highest BCUT2D eigenvalue weighted by atomic mass is 32.2. The van der Waals surface area contributed by atoms with Gasteiger partial charge in [0.15, 0.2) is 0 Å². The van der Waals surface area contributed by atoms with Crippen molar-refractivity contribution in [3.05, 3.63) is 35.4 Å². The first kappa shape index (κ1) is 14.7. The molecule has 0 aliphatic heterocycles. The van der Waals surface area contributed by atoms with E-state index in [0.717, 1.165) is 38.0 Å². The number of hydrogen-bond donors (Lipinski definition) is 1. The Hall–Kier alpha value is -0.670. The van der Waals surface area contributed by atoms with Crippen molar-refractivity contribution in [3.8, 4) is 0 Å². The van der Waals surface area contributed by atoms with Gasteiger partial charge in [0, 0.05) is 22.6 Å². The molecule has 2 nitrogen and oxygen atoms in total. The zero-order valence-electron chi connectivity index (χ0n) is 12.0. The van der Waals surface area contributed by atoms with E-state index in [0.29, 0.717) is 0 Å². The number of rotatable bonds is 5. The van der Waals surface area contributed by atoms with Gasteiger partial charge in [-0.1, -0.05) is 38.1 Å². The van der Waals surface area contributed by atoms with Crippen LogP contribution in [0.4, 0.5) is 0 Å². The molecule has 0 heterocycles. The molecule has 1 aromatic carbocycles. The highest BCUT2D eigenvalue weighted by Gasteiger charge is 2.30. The van der Waals surface area contributed by atoms with Gasteiger partial charge in [-0.05, 0) is 43.4 Å². The third kappa shape index (κ3) is 3.46. The molecule has 19 heavy (non-hydrogen) atoms. The Morgan fingerprint density at radius 2 is 2.11 bits per heavy atom. The van der Waals surface area contributed by atoms with Crippen LogP contribution in [0.3, 0.4) is 0 Å². The van der Waals surface area contributed by atoms with Crippen molar-refractivity contribution in [2.45, 2.75) is 50.8 Å². The Morgan fingerprint density at radius 3 is 2.84 bits per heavy atom. The van der Waals surface area contributed by atoms with Gasteiger partial charge in [-0.2, -0.15) is 0 Å². The normalized spacial score (nSPS) is 24.5. The molecule has 0 amide bonds. The predicted octanol–water partition coefficient (Wildman–Crippen LogP) is 3.20. The topological polar surface area (TPSA) is 29.1 Å². The summed E-state index contributed by atoms with van der Waals surface area (Å²) < 4.78 is 12.5. The molecule has 3 atom stereocenters. The second kappa shape index (κ2) is 7.20. The Kier molecular flexibility index (Phi) is 5.59. The standard InChI is InChI=1S/C16H25NOS/c1-3-12-19(18)15-11-7-9-13-8-5-6-10-14(13)16(15)17-4-2/h5-6,8,10,15-17H,3-4,7,9,11-12H2,1-2H3. The molecule has 106 valence electrons. The molecule has 0 aromatic heterocycles. The zero-order valence-corrected chi connectivity index (χ0v) is 12.8. The van der Waals surface area contributed by atoms with Crippen LogP contribution in [0.25, 0.3) is 0 Å². The van der Waals surface area contributed by atoms with E-state index in [1.807, 2.05) is 0 Å². The largest absolute Gasteiger partial charge is 0.309 e. The minimum atomic E-state index is -0.719. The molecule has 1 aromatic rings. The lowest BCUT2D eigenvalue weighted by molar-refractivity contribution is 0.504. The van der Waals surface area contributed by atoms with Gasteiger partial charge in [0.1, 0.15) is 0 Å². The van der Waals surface area contributed by atoms with Gasteiger partial charge in [0.2, 0.25) is 0 Å². The molecule has 1 aliphatic carbocycles. The van der Waals surface area contributed by atoms with E-state index in [2.05, 4.69) is 43.4 Å². The lowest BCUT2D eigenvalue weighted by Crippen LogP contribution is -2.35. The maximum Gasteiger partial charge on any atom is 0.0543 e. The van der Waals surface area contributed by atoms with Crippen LogP contribution in [-0.2, 0) is 17.2 Å². The number of fused-ring (bicyclic) bond motifs is 1. The quantitative estimate of drug-likeness (QED) is 0.839. The van der Waals surface area contributed by atoms with Crippen LogP contribution in [0.2, 0.25) is 0 Å². The molecule has 0 bridgehead atoms. The first-order valence-corrected chi connectivity index (χ1v) is 8.84. The van der Waals surface area contributed by atoms with Crippen LogP contribution >= 0.6 is 0 Å². The van der Waals surface area contributed by atoms with E-state index >= 15 is 0 Å². The van der Waals surface area contributed by atoms with E-state index in [-0.39, 0.29) is 11.3 Å². The molecule has 0 radical (unpaired) electrons. The van der Waals surface area contributed by atoms with Crippen molar-refractivity contribution >= 4 is 10.8 Å². The summed E-state index contributed by atoms with van der Waals surface area (Å²) in [5.74, 6) is 0.828. The maximum absolute atomic E-state index is 12.5. The Morgan fingerprint density at radius 1 is 1.32 bits per heavy atom. The first-order valence-electron chi connectivity index (χ1n) is 7.46. The van der Waals surface area contributed by atoms with Crippen molar-refractivity contribution in [2.24, 2.45) is 0 Å². The van der Waals surface area contributed by atoms with Crippen molar-refractivity contribution < 1.29 is 4.21 Å². The smallest absolute Gasteiger partial charge is 0.0543 e. The molecule has 0 saturated heterocycles. The van der Waals surface area contributed by atoms with E-state index in [9.17, 15) is 4.21 Å². The van der Waals surface area contributed by atoms with Crippen molar-refractivity contribution in [1.82, 2.24) is 5.32 Å². The molecule has 1 N–H and O–H groups in total. The summed E-state index contributed by atoms with van der Waals surface area (Å²) in [6.07, 6.45) is 4.35. The molecular formula is C16H25NOS. The molecule has 0 fully saturated rings. The van der Waals surface area contributed by atoms with Crippen molar-refractivity contribution in [3.63, 3.8) is 0 Å². The van der Waals surface area contributed by atoms with Crippen LogP contribution in [0.15, 0.2) is 24.3 Å².